The summed E-state index contributed by atoms with van der Waals surface area (Å²) in [7, 11) is 0. The minimum Gasteiger partial charge on any atom is -0.507 e. The average Bonchev–Trinajstić information content (AvgIpc) is 3.24. The number of fused-ring (bicyclic) bond motifs is 1. The van der Waals surface area contributed by atoms with E-state index >= 15 is 0 Å². The molecular formula is C31H41ClN2O2S. The number of aryl methyl sites for hydroxylation is 1. The molecule has 0 bridgehead atoms. The Balaban J connectivity index is 1.31. The van der Waals surface area contributed by atoms with E-state index in [2.05, 4.69) is 17.5 Å². The molecule has 2 aromatic carbocycles. The van der Waals surface area contributed by atoms with Crippen LogP contribution in [0.3, 0.4) is 0 Å². The highest BCUT2D eigenvalue weighted by atomic mass is 35.5. The molecule has 0 saturated carbocycles. The van der Waals surface area contributed by atoms with E-state index in [0.717, 1.165) is 28.5 Å². The Morgan fingerprint density at radius 3 is 2.16 bits per heavy atom. The normalized spacial score (nSPS) is 11.5. The highest BCUT2D eigenvalue weighted by Gasteiger charge is 2.16. The summed E-state index contributed by atoms with van der Waals surface area (Å²) in [6, 6.07) is 13.3. The quantitative estimate of drug-likeness (QED) is 0.102. The van der Waals surface area contributed by atoms with Gasteiger partial charge in [0, 0.05) is 15.6 Å². The number of benzene rings is 2. The van der Waals surface area contributed by atoms with Crippen molar-refractivity contribution in [2.75, 3.05) is 0 Å². The van der Waals surface area contributed by atoms with Crippen molar-refractivity contribution >= 4 is 45.1 Å². The van der Waals surface area contributed by atoms with Gasteiger partial charge in [0.25, 0.3) is 5.91 Å². The van der Waals surface area contributed by atoms with E-state index in [1.165, 1.54) is 94.6 Å². The molecule has 1 heterocycles. The van der Waals surface area contributed by atoms with Crippen molar-refractivity contribution in [2.24, 2.45) is 5.10 Å². The monoisotopic (exact) mass is 540 g/mol. The molecule has 37 heavy (non-hydrogen) atoms. The molecule has 6 heteroatoms. The molecule has 0 aliphatic rings. The molecule has 1 amide bonds. The number of amides is 1. The maximum absolute atomic E-state index is 12.5. The van der Waals surface area contributed by atoms with Gasteiger partial charge >= 0.3 is 0 Å². The van der Waals surface area contributed by atoms with Crippen molar-refractivity contribution in [1.29, 1.82) is 0 Å². The van der Waals surface area contributed by atoms with Gasteiger partial charge in [0.2, 0.25) is 0 Å². The first-order chi connectivity index (χ1) is 18.1. The molecule has 0 saturated heterocycles. The molecule has 3 aromatic rings. The van der Waals surface area contributed by atoms with Gasteiger partial charge in [-0.05, 0) is 36.6 Å². The van der Waals surface area contributed by atoms with Crippen LogP contribution in [-0.4, -0.2) is 17.2 Å². The van der Waals surface area contributed by atoms with Crippen LogP contribution in [0.5, 0.6) is 5.75 Å². The Labute approximate surface area is 231 Å². The number of unbranched alkanes of at least 4 members (excludes halogenated alkanes) is 12. The zero-order valence-corrected chi connectivity index (χ0v) is 23.7. The lowest BCUT2D eigenvalue weighted by atomic mass is 10.0. The molecule has 0 radical (unpaired) electrons. The van der Waals surface area contributed by atoms with Crippen LogP contribution in [0.1, 0.15) is 111 Å². The number of hydrazone groups is 1. The minimum absolute atomic E-state index is 0.171. The Morgan fingerprint density at radius 1 is 0.919 bits per heavy atom. The van der Waals surface area contributed by atoms with Crippen molar-refractivity contribution in [2.45, 2.75) is 96.8 Å². The van der Waals surface area contributed by atoms with E-state index in [0.29, 0.717) is 15.5 Å². The predicted molar refractivity (Wildman–Crippen MR) is 159 cm³/mol. The van der Waals surface area contributed by atoms with Crippen LogP contribution in [0.4, 0.5) is 0 Å². The standard InChI is InChI=1S/C31H41ClN2O2S/c1-2-3-4-5-6-7-8-9-10-11-12-13-14-17-24-20-21-25(27(35)22-24)23-33-34-31(36)30-29(32)26-18-15-16-19-28(26)37-30/h15-16,18-23,35H,2-14,17H2,1H3,(H,34,36)/b33-23-. The number of aromatic hydroxyl groups is 1. The number of thiophene rings is 1. The number of nitrogens with zero attached hydrogens (tertiary/aromatic N) is 1. The van der Waals surface area contributed by atoms with Crippen LogP contribution in [0.15, 0.2) is 47.6 Å². The molecule has 2 N–H and O–H groups in total. The fourth-order valence-corrected chi connectivity index (χ4v) is 5.98. The molecule has 200 valence electrons. The number of hydrogen-bond acceptors (Lipinski definition) is 4. The van der Waals surface area contributed by atoms with Crippen molar-refractivity contribution < 1.29 is 9.90 Å². The molecule has 4 nitrogen and oxygen atoms in total. The molecular weight excluding hydrogens is 500 g/mol. The fourth-order valence-electron chi connectivity index (χ4n) is 4.57. The molecule has 0 aliphatic heterocycles. The summed E-state index contributed by atoms with van der Waals surface area (Å²) >= 11 is 7.70. The van der Waals surface area contributed by atoms with Crippen LogP contribution in [0.2, 0.25) is 5.02 Å². The summed E-state index contributed by atoms with van der Waals surface area (Å²) in [6.45, 7) is 2.27. The highest BCUT2D eigenvalue weighted by molar-refractivity contribution is 7.21. The summed E-state index contributed by atoms with van der Waals surface area (Å²) in [5, 5.41) is 15.7. The number of phenols is 1. The van der Waals surface area contributed by atoms with E-state index in [4.69, 9.17) is 11.6 Å². The van der Waals surface area contributed by atoms with Gasteiger partial charge in [-0.25, -0.2) is 5.43 Å². The topological polar surface area (TPSA) is 61.7 Å². The van der Waals surface area contributed by atoms with Crippen molar-refractivity contribution in [1.82, 2.24) is 5.43 Å². The first kappa shape index (κ1) is 29.2. The largest absolute Gasteiger partial charge is 0.507 e. The number of nitrogens with one attached hydrogen (secondary N) is 1. The third-order valence-corrected chi connectivity index (χ3v) is 8.45. The average molecular weight is 541 g/mol. The third-order valence-electron chi connectivity index (χ3n) is 6.77. The second-order valence-electron chi connectivity index (χ2n) is 9.83. The maximum atomic E-state index is 12.5. The number of carbonyl (C=O) groups excluding carboxylic acids is 1. The number of hydrogen-bond donors (Lipinski definition) is 2. The fraction of sp³-hybridized carbons (Fsp3) is 0.484. The van der Waals surface area contributed by atoms with Crippen LogP contribution in [0.25, 0.3) is 10.1 Å². The van der Waals surface area contributed by atoms with Gasteiger partial charge in [-0.15, -0.1) is 11.3 Å². The minimum atomic E-state index is -0.360. The first-order valence-corrected chi connectivity index (χ1v) is 15.1. The van der Waals surface area contributed by atoms with Gasteiger partial charge in [-0.1, -0.05) is 120 Å². The van der Waals surface area contributed by atoms with Crippen molar-refractivity contribution in [3.63, 3.8) is 0 Å². The Bertz CT molecular complexity index is 1140. The van der Waals surface area contributed by atoms with E-state index < -0.39 is 0 Å². The summed E-state index contributed by atoms with van der Waals surface area (Å²) in [5.74, 6) is -0.189. The summed E-state index contributed by atoms with van der Waals surface area (Å²) < 4.78 is 0.957. The summed E-state index contributed by atoms with van der Waals surface area (Å²) in [5.41, 5.74) is 4.21. The summed E-state index contributed by atoms with van der Waals surface area (Å²) in [4.78, 5) is 12.9. The second-order valence-corrected chi connectivity index (χ2v) is 11.3. The predicted octanol–water partition coefficient (Wildman–Crippen LogP) is 9.66. The van der Waals surface area contributed by atoms with Crippen LogP contribution in [-0.2, 0) is 6.42 Å². The maximum Gasteiger partial charge on any atom is 0.283 e. The molecule has 0 fully saturated rings. The lowest BCUT2D eigenvalue weighted by Gasteiger charge is -2.05. The van der Waals surface area contributed by atoms with Gasteiger partial charge in [0.05, 0.1) is 11.2 Å². The molecule has 1 aromatic heterocycles. The van der Waals surface area contributed by atoms with Gasteiger partial charge in [0.15, 0.2) is 0 Å². The zero-order chi connectivity index (χ0) is 26.3. The van der Waals surface area contributed by atoms with Gasteiger partial charge < -0.3 is 5.11 Å². The lowest BCUT2D eigenvalue weighted by Crippen LogP contribution is -2.16. The number of rotatable bonds is 17. The SMILES string of the molecule is CCCCCCCCCCCCCCCc1ccc(/C=N\NC(=O)c2sc3ccccc3c2Cl)c(O)c1. The van der Waals surface area contributed by atoms with Gasteiger partial charge in [0.1, 0.15) is 10.6 Å². The van der Waals surface area contributed by atoms with Gasteiger partial charge in [-0.2, -0.15) is 5.10 Å². The number of halogens is 1. The van der Waals surface area contributed by atoms with Crippen molar-refractivity contribution in [3.8, 4) is 5.75 Å². The van der Waals surface area contributed by atoms with Crippen LogP contribution < -0.4 is 5.43 Å². The Kier molecular flexibility index (Phi) is 13.0. The molecule has 3 rings (SSSR count). The lowest BCUT2D eigenvalue weighted by molar-refractivity contribution is 0.0959. The molecule has 0 atom stereocenters. The van der Waals surface area contributed by atoms with E-state index in [-0.39, 0.29) is 11.7 Å². The van der Waals surface area contributed by atoms with E-state index in [1.54, 1.807) is 6.07 Å². The van der Waals surface area contributed by atoms with Crippen LogP contribution in [0, 0.1) is 0 Å². The summed E-state index contributed by atoms with van der Waals surface area (Å²) in [6.07, 6.45) is 19.9. The van der Waals surface area contributed by atoms with Crippen molar-refractivity contribution in [3.05, 3.63) is 63.5 Å². The smallest absolute Gasteiger partial charge is 0.283 e. The first-order valence-electron chi connectivity index (χ1n) is 13.9. The molecule has 0 spiro atoms. The Hall–Kier alpha value is -2.37. The Morgan fingerprint density at radius 2 is 1.54 bits per heavy atom. The van der Waals surface area contributed by atoms with Gasteiger partial charge in [-0.3, -0.25) is 4.79 Å². The van der Waals surface area contributed by atoms with E-state index in [9.17, 15) is 9.90 Å². The van der Waals surface area contributed by atoms with Crippen LogP contribution >= 0.6 is 22.9 Å². The highest BCUT2D eigenvalue weighted by Crippen LogP contribution is 2.35. The third kappa shape index (κ3) is 9.79. The van der Waals surface area contributed by atoms with E-state index in [1.807, 2.05) is 36.4 Å². The number of carbonyl (C=O) groups is 1. The molecule has 0 aliphatic carbocycles. The molecule has 0 unspecified atom stereocenters. The zero-order valence-electron chi connectivity index (χ0n) is 22.1. The number of phenolic OH excluding ortho intramolecular Hbond substituents is 1. The second kappa shape index (κ2) is 16.5.